The highest BCUT2D eigenvalue weighted by Gasteiger charge is 2.08. The predicted molar refractivity (Wildman–Crippen MR) is 80.9 cm³/mol. The Kier molecular flexibility index (Phi) is 7.01. The molecule has 0 saturated heterocycles. The summed E-state index contributed by atoms with van der Waals surface area (Å²) in [7, 11) is 0. The van der Waals surface area contributed by atoms with Crippen molar-refractivity contribution >= 4 is 11.6 Å². The smallest absolute Gasteiger partial charge is 0.220 e. The molecule has 0 radical (unpaired) electrons. The summed E-state index contributed by atoms with van der Waals surface area (Å²) in [6.45, 7) is 4.26. The number of carbonyl (C=O) groups excluding carboxylic acids is 1. The van der Waals surface area contributed by atoms with E-state index < -0.39 is 0 Å². The van der Waals surface area contributed by atoms with Crippen LogP contribution in [0.5, 0.6) is 0 Å². The van der Waals surface area contributed by atoms with Gasteiger partial charge in [0.05, 0.1) is 0 Å². The molecule has 0 heterocycles. The largest absolute Gasteiger partial charge is 0.399 e. The molecule has 106 valence electrons. The lowest BCUT2D eigenvalue weighted by Crippen LogP contribution is -2.32. The van der Waals surface area contributed by atoms with Crippen molar-refractivity contribution < 1.29 is 4.79 Å². The standard InChI is InChI=1S/C16H26N2O/c1-3-4-5-8-13(2)18-16(19)12-11-14-9-6-7-10-15(14)17/h6-7,9-10,13H,3-5,8,11-12,17H2,1-2H3,(H,18,19). The Bertz CT molecular complexity index is 390. The van der Waals surface area contributed by atoms with Gasteiger partial charge in [-0.2, -0.15) is 0 Å². The zero-order valence-electron chi connectivity index (χ0n) is 12.1. The average molecular weight is 262 g/mol. The van der Waals surface area contributed by atoms with Gasteiger partial charge in [0.1, 0.15) is 0 Å². The first kappa shape index (κ1) is 15.5. The van der Waals surface area contributed by atoms with Crippen LogP contribution in [0.2, 0.25) is 0 Å². The lowest BCUT2D eigenvalue weighted by Gasteiger charge is -2.13. The molecule has 3 N–H and O–H groups in total. The van der Waals surface area contributed by atoms with Crippen molar-refractivity contribution in [2.45, 2.75) is 58.4 Å². The van der Waals surface area contributed by atoms with E-state index in [0.29, 0.717) is 12.8 Å². The molecule has 0 fully saturated rings. The van der Waals surface area contributed by atoms with E-state index in [1.54, 1.807) is 0 Å². The molecule has 3 heteroatoms. The summed E-state index contributed by atoms with van der Waals surface area (Å²) in [5, 5.41) is 3.05. The molecule has 1 atom stereocenters. The molecule has 0 saturated carbocycles. The number of unbranched alkanes of at least 4 members (excludes halogenated alkanes) is 2. The van der Waals surface area contributed by atoms with E-state index in [2.05, 4.69) is 19.2 Å². The van der Waals surface area contributed by atoms with E-state index >= 15 is 0 Å². The number of carbonyl (C=O) groups is 1. The van der Waals surface area contributed by atoms with E-state index in [-0.39, 0.29) is 11.9 Å². The van der Waals surface area contributed by atoms with Crippen LogP contribution >= 0.6 is 0 Å². The molecule has 0 aliphatic rings. The molecule has 0 aliphatic heterocycles. The maximum absolute atomic E-state index is 11.8. The summed E-state index contributed by atoms with van der Waals surface area (Å²) >= 11 is 0. The monoisotopic (exact) mass is 262 g/mol. The summed E-state index contributed by atoms with van der Waals surface area (Å²) in [5.74, 6) is 0.118. The number of aryl methyl sites for hydroxylation is 1. The molecule has 1 aromatic rings. The van der Waals surface area contributed by atoms with Crippen molar-refractivity contribution in [2.24, 2.45) is 0 Å². The molecule has 0 aromatic heterocycles. The lowest BCUT2D eigenvalue weighted by molar-refractivity contribution is -0.121. The Labute approximate surface area is 116 Å². The molecule has 1 aromatic carbocycles. The first-order chi connectivity index (χ1) is 9.13. The van der Waals surface area contributed by atoms with Crippen molar-refractivity contribution in [1.82, 2.24) is 5.32 Å². The first-order valence-electron chi connectivity index (χ1n) is 7.26. The van der Waals surface area contributed by atoms with Gasteiger partial charge in [0.15, 0.2) is 0 Å². The number of benzene rings is 1. The van der Waals surface area contributed by atoms with Crippen molar-refractivity contribution in [3.05, 3.63) is 29.8 Å². The van der Waals surface area contributed by atoms with Crippen LogP contribution in [0.1, 0.15) is 51.5 Å². The van der Waals surface area contributed by atoms with Crippen LogP contribution in [0.25, 0.3) is 0 Å². The van der Waals surface area contributed by atoms with Gasteiger partial charge in [0.25, 0.3) is 0 Å². The van der Waals surface area contributed by atoms with Gasteiger partial charge in [-0.3, -0.25) is 4.79 Å². The van der Waals surface area contributed by atoms with Crippen molar-refractivity contribution in [2.75, 3.05) is 5.73 Å². The SMILES string of the molecule is CCCCCC(C)NC(=O)CCc1ccccc1N. The van der Waals surface area contributed by atoms with Crippen LogP contribution < -0.4 is 11.1 Å². The molecule has 1 amide bonds. The number of para-hydroxylation sites is 1. The van der Waals surface area contributed by atoms with Gasteiger partial charge in [-0.05, 0) is 31.4 Å². The van der Waals surface area contributed by atoms with Crippen LogP contribution in [0.4, 0.5) is 5.69 Å². The molecule has 0 aliphatic carbocycles. The fourth-order valence-electron chi connectivity index (χ4n) is 2.13. The maximum Gasteiger partial charge on any atom is 0.220 e. The second kappa shape index (κ2) is 8.57. The third-order valence-corrected chi connectivity index (χ3v) is 3.32. The van der Waals surface area contributed by atoms with Crippen LogP contribution in [-0.2, 0) is 11.2 Å². The minimum absolute atomic E-state index is 0.118. The molecule has 1 unspecified atom stereocenters. The fourth-order valence-corrected chi connectivity index (χ4v) is 2.13. The quantitative estimate of drug-likeness (QED) is 0.558. The number of nitrogens with one attached hydrogen (secondary N) is 1. The van der Waals surface area contributed by atoms with Gasteiger partial charge in [0.2, 0.25) is 5.91 Å². The van der Waals surface area contributed by atoms with E-state index in [9.17, 15) is 4.79 Å². The highest BCUT2D eigenvalue weighted by molar-refractivity contribution is 5.76. The van der Waals surface area contributed by atoms with E-state index in [0.717, 1.165) is 17.7 Å². The Morgan fingerprint density at radius 2 is 2.05 bits per heavy atom. The predicted octanol–water partition coefficient (Wildman–Crippen LogP) is 3.29. The van der Waals surface area contributed by atoms with Crippen LogP contribution in [-0.4, -0.2) is 11.9 Å². The maximum atomic E-state index is 11.8. The second-order valence-electron chi connectivity index (χ2n) is 5.16. The molecular formula is C16H26N2O. The normalized spacial score (nSPS) is 12.1. The first-order valence-corrected chi connectivity index (χ1v) is 7.26. The Hall–Kier alpha value is -1.51. The van der Waals surface area contributed by atoms with Gasteiger partial charge in [-0.1, -0.05) is 44.4 Å². The molecule has 19 heavy (non-hydrogen) atoms. The Morgan fingerprint density at radius 3 is 2.74 bits per heavy atom. The van der Waals surface area contributed by atoms with Crippen molar-refractivity contribution in [3.8, 4) is 0 Å². The number of hydrogen-bond acceptors (Lipinski definition) is 2. The zero-order chi connectivity index (χ0) is 14.1. The zero-order valence-corrected chi connectivity index (χ0v) is 12.1. The number of hydrogen-bond donors (Lipinski definition) is 2. The molecule has 1 rings (SSSR count). The highest BCUT2D eigenvalue weighted by atomic mass is 16.1. The minimum atomic E-state index is 0.118. The number of amides is 1. The molecular weight excluding hydrogens is 236 g/mol. The van der Waals surface area contributed by atoms with Gasteiger partial charge in [-0.25, -0.2) is 0 Å². The summed E-state index contributed by atoms with van der Waals surface area (Å²) in [6.07, 6.45) is 5.91. The summed E-state index contributed by atoms with van der Waals surface area (Å²) < 4.78 is 0. The molecule has 0 bridgehead atoms. The summed E-state index contributed by atoms with van der Waals surface area (Å²) in [4.78, 5) is 11.8. The topological polar surface area (TPSA) is 55.1 Å². The molecule has 0 spiro atoms. The minimum Gasteiger partial charge on any atom is -0.399 e. The van der Waals surface area contributed by atoms with E-state index in [4.69, 9.17) is 5.73 Å². The average Bonchev–Trinajstić information content (AvgIpc) is 2.38. The van der Waals surface area contributed by atoms with Gasteiger partial charge in [0, 0.05) is 18.2 Å². The van der Waals surface area contributed by atoms with Gasteiger partial charge >= 0.3 is 0 Å². The second-order valence-corrected chi connectivity index (χ2v) is 5.16. The Morgan fingerprint density at radius 1 is 1.32 bits per heavy atom. The summed E-state index contributed by atoms with van der Waals surface area (Å²) in [6, 6.07) is 7.99. The number of nitrogen functional groups attached to an aromatic ring is 1. The van der Waals surface area contributed by atoms with Crippen LogP contribution in [0.15, 0.2) is 24.3 Å². The summed E-state index contributed by atoms with van der Waals surface area (Å²) in [5.41, 5.74) is 7.68. The van der Waals surface area contributed by atoms with Gasteiger partial charge in [-0.15, -0.1) is 0 Å². The third-order valence-electron chi connectivity index (χ3n) is 3.32. The number of anilines is 1. The van der Waals surface area contributed by atoms with E-state index in [1.807, 2.05) is 24.3 Å². The lowest BCUT2D eigenvalue weighted by atomic mass is 10.1. The van der Waals surface area contributed by atoms with Crippen molar-refractivity contribution in [3.63, 3.8) is 0 Å². The fraction of sp³-hybridized carbons (Fsp3) is 0.562. The van der Waals surface area contributed by atoms with E-state index in [1.165, 1.54) is 19.3 Å². The molecule has 3 nitrogen and oxygen atoms in total. The van der Waals surface area contributed by atoms with Crippen LogP contribution in [0.3, 0.4) is 0 Å². The highest BCUT2D eigenvalue weighted by Crippen LogP contribution is 2.12. The number of nitrogens with two attached hydrogens (primary N) is 1. The van der Waals surface area contributed by atoms with Crippen LogP contribution in [0, 0.1) is 0 Å². The number of rotatable bonds is 8. The van der Waals surface area contributed by atoms with Gasteiger partial charge < -0.3 is 11.1 Å². The van der Waals surface area contributed by atoms with Crippen molar-refractivity contribution in [1.29, 1.82) is 0 Å². The third kappa shape index (κ3) is 6.27. The Balaban J connectivity index is 2.26.